The number of rotatable bonds is 7. The van der Waals surface area contributed by atoms with E-state index < -0.39 is 18.0 Å². The van der Waals surface area contributed by atoms with Gasteiger partial charge in [0.25, 0.3) is 11.8 Å². The lowest BCUT2D eigenvalue weighted by molar-refractivity contribution is -0.132. The third-order valence-electron chi connectivity index (χ3n) is 6.49. The first-order valence-electron chi connectivity index (χ1n) is 12.0. The molecule has 1 aliphatic rings. The molecule has 3 amide bonds. The summed E-state index contributed by atoms with van der Waals surface area (Å²) in [5.41, 5.74) is 8.50. The van der Waals surface area contributed by atoms with E-state index in [1.54, 1.807) is 4.90 Å². The predicted octanol–water partition coefficient (Wildman–Crippen LogP) is 4.58. The number of amides is 3. The lowest BCUT2D eigenvalue weighted by atomic mass is 9.95. The van der Waals surface area contributed by atoms with Gasteiger partial charge in [-0.3, -0.25) is 25.2 Å². The van der Waals surface area contributed by atoms with E-state index in [1.165, 1.54) is 11.3 Å². The Morgan fingerprint density at radius 3 is 2.56 bits per heavy atom. The molecule has 2 aromatic carbocycles. The molecule has 184 valence electrons. The predicted molar refractivity (Wildman–Crippen MR) is 140 cm³/mol. The number of fused-ring (bicyclic) bond motifs is 2. The van der Waals surface area contributed by atoms with E-state index in [4.69, 9.17) is 0 Å². The summed E-state index contributed by atoms with van der Waals surface area (Å²) < 4.78 is 0. The van der Waals surface area contributed by atoms with Gasteiger partial charge in [0.2, 0.25) is 5.91 Å². The van der Waals surface area contributed by atoms with Crippen LogP contribution in [0.25, 0.3) is 10.9 Å². The minimum atomic E-state index is -0.773. The van der Waals surface area contributed by atoms with Crippen molar-refractivity contribution in [3.05, 3.63) is 93.8 Å². The molecule has 4 aromatic rings. The van der Waals surface area contributed by atoms with Crippen molar-refractivity contribution < 1.29 is 14.4 Å². The standard InChI is InChI=1S/C28H28N4O3S/c1-17(2)14-24(27(34)31-30-25(33)15-18-8-7-13-36-18)32-26(20-10-3-4-11-21(20)28(32)35)22-16-29-23-12-6-5-9-19(22)23/h3-13,16-17,24,26,29H,14-15H2,1-2H3,(H,30,33)(H,31,34). The number of H-pyrrole nitrogens is 1. The Balaban J connectivity index is 1.48. The minimum absolute atomic E-state index is 0.141. The number of para-hydroxylation sites is 1. The Hall–Kier alpha value is -3.91. The van der Waals surface area contributed by atoms with Crippen LogP contribution in [0, 0.1) is 5.92 Å². The van der Waals surface area contributed by atoms with Gasteiger partial charge in [-0.1, -0.05) is 56.3 Å². The van der Waals surface area contributed by atoms with E-state index in [1.807, 2.05) is 86.1 Å². The van der Waals surface area contributed by atoms with Gasteiger partial charge in [-0.2, -0.15) is 0 Å². The van der Waals surface area contributed by atoms with E-state index in [0.717, 1.165) is 26.9 Å². The first-order chi connectivity index (χ1) is 17.4. The number of hydrazine groups is 1. The van der Waals surface area contributed by atoms with E-state index in [2.05, 4.69) is 15.8 Å². The summed E-state index contributed by atoms with van der Waals surface area (Å²) in [4.78, 5) is 45.6. The second-order valence-corrected chi connectivity index (χ2v) is 10.5. The van der Waals surface area contributed by atoms with E-state index in [-0.39, 0.29) is 24.2 Å². The van der Waals surface area contributed by atoms with Gasteiger partial charge < -0.3 is 9.88 Å². The van der Waals surface area contributed by atoms with Crippen molar-refractivity contribution in [2.24, 2.45) is 5.92 Å². The average Bonchev–Trinajstić information content (AvgIpc) is 3.59. The summed E-state index contributed by atoms with van der Waals surface area (Å²) in [7, 11) is 0. The monoisotopic (exact) mass is 500 g/mol. The van der Waals surface area contributed by atoms with Crippen LogP contribution < -0.4 is 10.9 Å². The van der Waals surface area contributed by atoms with Crippen LogP contribution in [0.15, 0.2) is 72.2 Å². The van der Waals surface area contributed by atoms with Gasteiger partial charge in [0.1, 0.15) is 6.04 Å². The highest BCUT2D eigenvalue weighted by molar-refractivity contribution is 7.10. The largest absolute Gasteiger partial charge is 0.361 e. The molecule has 7 nitrogen and oxygen atoms in total. The topological polar surface area (TPSA) is 94.3 Å². The molecule has 0 saturated heterocycles. The molecule has 0 saturated carbocycles. The van der Waals surface area contributed by atoms with Crippen molar-refractivity contribution in [2.75, 3.05) is 0 Å². The van der Waals surface area contributed by atoms with Crippen molar-refractivity contribution in [2.45, 2.75) is 38.8 Å². The molecule has 0 radical (unpaired) electrons. The maximum absolute atomic E-state index is 13.8. The molecule has 3 heterocycles. The Labute approximate surface area is 213 Å². The van der Waals surface area contributed by atoms with E-state index in [0.29, 0.717) is 12.0 Å². The molecule has 2 aromatic heterocycles. The molecule has 1 aliphatic heterocycles. The number of hydrogen-bond acceptors (Lipinski definition) is 4. The Morgan fingerprint density at radius 1 is 1.00 bits per heavy atom. The zero-order chi connectivity index (χ0) is 25.2. The molecule has 36 heavy (non-hydrogen) atoms. The molecule has 3 N–H and O–H groups in total. The van der Waals surface area contributed by atoms with Crippen LogP contribution in [0.3, 0.4) is 0 Å². The first-order valence-corrected chi connectivity index (χ1v) is 12.9. The summed E-state index contributed by atoms with van der Waals surface area (Å²) in [6.45, 7) is 4.04. The van der Waals surface area contributed by atoms with Crippen LogP contribution in [-0.2, 0) is 16.0 Å². The number of benzene rings is 2. The molecular weight excluding hydrogens is 472 g/mol. The number of aromatic amines is 1. The van der Waals surface area contributed by atoms with Crippen LogP contribution in [0.4, 0.5) is 0 Å². The highest BCUT2D eigenvalue weighted by Crippen LogP contribution is 2.43. The SMILES string of the molecule is CC(C)CC(C(=O)NNC(=O)Cc1cccs1)N1C(=O)c2ccccc2C1c1c[nH]c2ccccc12. The molecule has 5 rings (SSSR count). The summed E-state index contributed by atoms with van der Waals surface area (Å²) in [6.07, 6.45) is 2.55. The number of nitrogens with zero attached hydrogens (tertiary/aromatic N) is 1. The van der Waals surface area contributed by atoms with Crippen molar-refractivity contribution in [3.8, 4) is 0 Å². The molecule has 0 bridgehead atoms. The summed E-state index contributed by atoms with van der Waals surface area (Å²) in [5.74, 6) is -0.762. The van der Waals surface area contributed by atoms with Gasteiger partial charge in [0.15, 0.2) is 0 Å². The number of hydrogen-bond donors (Lipinski definition) is 3. The van der Waals surface area contributed by atoms with Gasteiger partial charge in [-0.15, -0.1) is 11.3 Å². The second-order valence-electron chi connectivity index (χ2n) is 9.43. The smallest absolute Gasteiger partial charge is 0.261 e. The van der Waals surface area contributed by atoms with Crippen LogP contribution in [-0.4, -0.2) is 33.6 Å². The van der Waals surface area contributed by atoms with Crippen molar-refractivity contribution in [3.63, 3.8) is 0 Å². The van der Waals surface area contributed by atoms with E-state index >= 15 is 0 Å². The van der Waals surface area contributed by atoms with Gasteiger partial charge in [-0.05, 0) is 41.5 Å². The first kappa shape index (κ1) is 23.8. The molecule has 0 aliphatic carbocycles. The highest BCUT2D eigenvalue weighted by Gasteiger charge is 2.44. The second kappa shape index (κ2) is 9.99. The van der Waals surface area contributed by atoms with Crippen molar-refractivity contribution in [1.82, 2.24) is 20.7 Å². The van der Waals surface area contributed by atoms with E-state index in [9.17, 15) is 14.4 Å². The quantitative estimate of drug-likeness (QED) is 0.324. The molecule has 8 heteroatoms. The van der Waals surface area contributed by atoms with Crippen molar-refractivity contribution >= 4 is 40.0 Å². The van der Waals surface area contributed by atoms with Gasteiger partial charge in [-0.25, -0.2) is 0 Å². The number of carbonyl (C=O) groups excluding carboxylic acids is 3. The van der Waals surface area contributed by atoms with Gasteiger partial charge in [0, 0.05) is 33.1 Å². The maximum Gasteiger partial charge on any atom is 0.261 e. The van der Waals surface area contributed by atoms with Gasteiger partial charge >= 0.3 is 0 Å². The summed E-state index contributed by atoms with van der Waals surface area (Å²) in [6, 6.07) is 18.0. The average molecular weight is 501 g/mol. The lowest BCUT2D eigenvalue weighted by Gasteiger charge is -2.33. The zero-order valence-corrected chi connectivity index (χ0v) is 21.0. The van der Waals surface area contributed by atoms with Crippen LogP contribution in [0.5, 0.6) is 0 Å². The minimum Gasteiger partial charge on any atom is -0.361 e. The van der Waals surface area contributed by atoms with Crippen molar-refractivity contribution in [1.29, 1.82) is 0 Å². The Morgan fingerprint density at radius 2 is 1.78 bits per heavy atom. The fourth-order valence-electron chi connectivity index (χ4n) is 4.92. The molecule has 0 spiro atoms. The summed E-state index contributed by atoms with van der Waals surface area (Å²) >= 11 is 1.48. The van der Waals surface area contributed by atoms with Gasteiger partial charge in [0.05, 0.1) is 12.5 Å². The third kappa shape index (κ3) is 4.52. The fraction of sp³-hybridized carbons (Fsp3) is 0.250. The molecule has 0 fully saturated rings. The van der Waals surface area contributed by atoms with Crippen LogP contribution >= 0.6 is 11.3 Å². The summed E-state index contributed by atoms with van der Waals surface area (Å²) in [5, 5.41) is 2.91. The lowest BCUT2D eigenvalue weighted by Crippen LogP contribution is -2.54. The Bertz CT molecular complexity index is 1410. The maximum atomic E-state index is 13.8. The number of aromatic nitrogens is 1. The zero-order valence-electron chi connectivity index (χ0n) is 20.2. The van der Waals surface area contributed by atoms with Crippen LogP contribution in [0.2, 0.25) is 0 Å². The Kier molecular flexibility index (Phi) is 6.61. The molecule has 2 unspecified atom stereocenters. The van der Waals surface area contributed by atoms with Crippen LogP contribution in [0.1, 0.15) is 52.7 Å². The molecule has 2 atom stereocenters. The fourth-order valence-corrected chi connectivity index (χ4v) is 5.62. The number of thiophene rings is 1. The normalized spacial score (nSPS) is 15.8. The number of carbonyl (C=O) groups is 3. The molecular formula is C28H28N4O3S. The number of nitrogens with one attached hydrogen (secondary N) is 3. The highest BCUT2D eigenvalue weighted by atomic mass is 32.1. The third-order valence-corrected chi connectivity index (χ3v) is 7.36.